The van der Waals surface area contributed by atoms with Crippen molar-refractivity contribution < 1.29 is 19.1 Å². The van der Waals surface area contributed by atoms with Crippen molar-refractivity contribution in [3.05, 3.63) is 28.2 Å². The Hall–Kier alpha value is -1.99. The third-order valence-electron chi connectivity index (χ3n) is 2.05. The average Bonchev–Trinajstić information content (AvgIpc) is 2.42. The van der Waals surface area contributed by atoms with Crippen molar-refractivity contribution in [3.63, 3.8) is 0 Å². The van der Waals surface area contributed by atoms with Crippen molar-refractivity contribution in [1.82, 2.24) is 5.32 Å². The zero-order valence-corrected chi connectivity index (χ0v) is 12.8. The molecule has 0 heterocycles. The number of carbonyl (C=O) groups is 2. The van der Waals surface area contributed by atoms with Gasteiger partial charge in [0.25, 0.3) is 0 Å². The van der Waals surface area contributed by atoms with Crippen molar-refractivity contribution in [2.24, 2.45) is 4.99 Å². The minimum atomic E-state index is -0.900. The van der Waals surface area contributed by atoms with Gasteiger partial charge in [-0.25, -0.2) is 9.59 Å². The summed E-state index contributed by atoms with van der Waals surface area (Å²) in [5.74, 6) is 0. The van der Waals surface area contributed by atoms with Crippen molar-refractivity contribution in [3.8, 4) is 0 Å². The van der Waals surface area contributed by atoms with Crippen LogP contribution in [0.15, 0.2) is 23.2 Å². The van der Waals surface area contributed by atoms with Gasteiger partial charge in [0.1, 0.15) is 0 Å². The highest BCUT2D eigenvalue weighted by Gasteiger charge is 2.11. The number of hydrogen-bond acceptors (Lipinski definition) is 4. The first-order valence-electron chi connectivity index (χ1n) is 5.78. The molecule has 1 rings (SSSR count). The third kappa shape index (κ3) is 5.88. The second-order valence-electron chi connectivity index (χ2n) is 3.52. The fourth-order valence-electron chi connectivity index (χ4n) is 1.20. The highest BCUT2D eigenvalue weighted by atomic mass is 35.5. The number of halogens is 2. The molecule has 0 saturated heterocycles. The van der Waals surface area contributed by atoms with Crippen LogP contribution in [-0.2, 0) is 9.47 Å². The Morgan fingerprint density at radius 3 is 2.62 bits per heavy atom. The summed E-state index contributed by atoms with van der Waals surface area (Å²) in [6, 6.07) is 3.60. The van der Waals surface area contributed by atoms with Crippen LogP contribution >= 0.6 is 23.2 Å². The number of aliphatic imine (C=N–C) groups is 1. The zero-order valence-electron chi connectivity index (χ0n) is 11.3. The van der Waals surface area contributed by atoms with E-state index >= 15 is 0 Å². The second-order valence-corrected chi connectivity index (χ2v) is 4.37. The second kappa shape index (κ2) is 8.33. The minimum Gasteiger partial charge on any atom is -0.465 e. The van der Waals surface area contributed by atoms with E-state index in [1.54, 1.807) is 13.0 Å². The molecule has 0 aliphatic heterocycles. The van der Waals surface area contributed by atoms with Gasteiger partial charge in [0.05, 0.1) is 24.4 Å². The van der Waals surface area contributed by atoms with Gasteiger partial charge in [0.15, 0.2) is 0 Å². The van der Waals surface area contributed by atoms with E-state index in [4.69, 9.17) is 27.9 Å². The molecule has 0 saturated carbocycles. The number of rotatable bonds is 2. The standard InChI is InChI=1S/C12H13Cl2N3O4/c1-3-21-11(17-12(19)20-2)16-10(18)15-9-5-4-7(13)6-8(9)14/h4-6H,3H2,1-2H3,(H2,15,16,17,18,19). The average molecular weight is 334 g/mol. The van der Waals surface area contributed by atoms with Gasteiger partial charge in [-0.15, -0.1) is 4.99 Å². The van der Waals surface area contributed by atoms with Crippen LogP contribution in [0.2, 0.25) is 10.0 Å². The van der Waals surface area contributed by atoms with Gasteiger partial charge in [-0.2, -0.15) is 0 Å². The van der Waals surface area contributed by atoms with Crippen molar-refractivity contribution >= 4 is 47.0 Å². The monoisotopic (exact) mass is 333 g/mol. The molecule has 0 radical (unpaired) electrons. The molecule has 0 aliphatic carbocycles. The molecule has 0 fully saturated rings. The maximum Gasteiger partial charge on any atom is 0.437 e. The van der Waals surface area contributed by atoms with Crippen molar-refractivity contribution in [2.75, 3.05) is 19.0 Å². The molecule has 0 aromatic heterocycles. The highest BCUT2D eigenvalue weighted by Crippen LogP contribution is 2.25. The van der Waals surface area contributed by atoms with E-state index in [-0.39, 0.29) is 17.7 Å². The predicted molar refractivity (Wildman–Crippen MR) is 80.1 cm³/mol. The van der Waals surface area contributed by atoms with E-state index in [0.717, 1.165) is 7.11 Å². The van der Waals surface area contributed by atoms with Gasteiger partial charge in [-0.05, 0) is 25.1 Å². The van der Waals surface area contributed by atoms with Crippen molar-refractivity contribution in [1.29, 1.82) is 0 Å². The largest absolute Gasteiger partial charge is 0.465 e. The van der Waals surface area contributed by atoms with Crippen LogP contribution in [0.4, 0.5) is 15.3 Å². The van der Waals surface area contributed by atoms with E-state index in [2.05, 4.69) is 20.4 Å². The predicted octanol–water partition coefficient (Wildman–Crippen LogP) is 3.27. The van der Waals surface area contributed by atoms with E-state index in [1.165, 1.54) is 12.1 Å². The number of benzene rings is 1. The van der Waals surface area contributed by atoms with Crippen molar-refractivity contribution in [2.45, 2.75) is 6.92 Å². The molecule has 9 heteroatoms. The summed E-state index contributed by atoms with van der Waals surface area (Å²) in [4.78, 5) is 26.2. The summed E-state index contributed by atoms with van der Waals surface area (Å²) in [5, 5.41) is 5.43. The molecule has 2 N–H and O–H groups in total. The maximum absolute atomic E-state index is 11.8. The highest BCUT2D eigenvalue weighted by molar-refractivity contribution is 6.36. The number of urea groups is 1. The lowest BCUT2D eigenvalue weighted by Gasteiger charge is -2.10. The van der Waals surface area contributed by atoms with Gasteiger partial charge in [-0.1, -0.05) is 23.2 Å². The number of carbonyl (C=O) groups excluding carboxylic acids is 2. The lowest BCUT2D eigenvalue weighted by Crippen LogP contribution is -2.36. The number of amides is 3. The summed E-state index contributed by atoms with van der Waals surface area (Å²) in [7, 11) is 1.16. The number of anilines is 1. The quantitative estimate of drug-likeness (QED) is 0.642. The molecular weight excluding hydrogens is 321 g/mol. The van der Waals surface area contributed by atoms with Crippen LogP contribution in [0.5, 0.6) is 0 Å². The first kappa shape index (κ1) is 17.1. The fraction of sp³-hybridized carbons (Fsp3) is 0.250. The normalized spacial score (nSPS) is 10.8. The molecule has 3 amide bonds. The van der Waals surface area contributed by atoms with E-state index in [1.807, 2.05) is 0 Å². The Bertz CT molecular complexity index is 563. The first-order valence-corrected chi connectivity index (χ1v) is 6.54. The summed E-state index contributed by atoms with van der Waals surface area (Å²) in [6.45, 7) is 1.88. The topological polar surface area (TPSA) is 89.0 Å². The maximum atomic E-state index is 11.8. The molecule has 7 nitrogen and oxygen atoms in total. The van der Waals surface area contributed by atoms with E-state index < -0.39 is 12.1 Å². The number of ether oxygens (including phenoxy) is 2. The molecule has 0 bridgehead atoms. The minimum absolute atomic E-state index is 0.206. The molecule has 1 aromatic carbocycles. The number of nitrogens with one attached hydrogen (secondary N) is 2. The Morgan fingerprint density at radius 1 is 1.33 bits per heavy atom. The Morgan fingerprint density at radius 2 is 2.05 bits per heavy atom. The Kier molecular flexibility index (Phi) is 6.77. The van der Waals surface area contributed by atoms with Crippen LogP contribution in [-0.4, -0.2) is 31.9 Å². The first-order chi connectivity index (χ1) is 9.96. The molecule has 0 atom stereocenters. The molecule has 114 valence electrons. The van der Waals surface area contributed by atoms with Crippen LogP contribution in [0.1, 0.15) is 6.92 Å². The van der Waals surface area contributed by atoms with E-state index in [9.17, 15) is 9.59 Å². The van der Waals surface area contributed by atoms with Crippen LogP contribution in [0.3, 0.4) is 0 Å². The summed E-state index contributed by atoms with van der Waals surface area (Å²) < 4.78 is 9.34. The molecule has 0 aliphatic rings. The van der Waals surface area contributed by atoms with Gasteiger partial charge in [0, 0.05) is 5.02 Å². The lowest BCUT2D eigenvalue weighted by molar-refractivity contribution is 0.181. The lowest BCUT2D eigenvalue weighted by atomic mass is 10.3. The molecule has 1 aromatic rings. The Labute approximate surface area is 131 Å². The Balaban J connectivity index is 2.74. The number of nitrogens with zero attached hydrogens (tertiary/aromatic N) is 1. The third-order valence-corrected chi connectivity index (χ3v) is 2.60. The van der Waals surface area contributed by atoms with Crippen LogP contribution < -0.4 is 10.6 Å². The summed E-state index contributed by atoms with van der Waals surface area (Å²) in [5.41, 5.74) is 0.340. The van der Waals surface area contributed by atoms with E-state index in [0.29, 0.717) is 10.7 Å². The SMILES string of the molecule is CCO/C(=N\C(=O)OC)NC(=O)Nc1ccc(Cl)cc1Cl. The summed E-state index contributed by atoms with van der Waals surface area (Å²) >= 11 is 11.7. The smallest absolute Gasteiger partial charge is 0.437 e. The van der Waals surface area contributed by atoms with Gasteiger partial charge < -0.3 is 14.8 Å². The van der Waals surface area contributed by atoms with Gasteiger partial charge in [-0.3, -0.25) is 5.32 Å². The van der Waals surface area contributed by atoms with Gasteiger partial charge >= 0.3 is 18.1 Å². The fourth-order valence-corrected chi connectivity index (χ4v) is 1.66. The molecule has 21 heavy (non-hydrogen) atoms. The molecular formula is C12H13Cl2N3O4. The number of hydrogen-bond donors (Lipinski definition) is 2. The number of methoxy groups -OCH3 is 1. The van der Waals surface area contributed by atoms with Crippen LogP contribution in [0, 0.1) is 0 Å². The summed E-state index contributed by atoms with van der Waals surface area (Å²) in [6.07, 6.45) is -0.900. The van der Waals surface area contributed by atoms with Crippen LogP contribution in [0.25, 0.3) is 0 Å². The molecule has 0 unspecified atom stereocenters. The molecule has 0 spiro atoms. The zero-order chi connectivity index (χ0) is 15.8. The van der Waals surface area contributed by atoms with Gasteiger partial charge in [0.2, 0.25) is 0 Å². The number of amidine groups is 1.